The van der Waals surface area contributed by atoms with Crippen LogP contribution in [0.1, 0.15) is 18.1 Å². The molecule has 1 aromatic rings. The van der Waals surface area contributed by atoms with Crippen molar-refractivity contribution in [1.29, 1.82) is 0 Å². The van der Waals surface area contributed by atoms with Crippen molar-refractivity contribution >= 4 is 0 Å². The van der Waals surface area contributed by atoms with E-state index >= 15 is 0 Å². The van der Waals surface area contributed by atoms with Crippen LogP contribution in [0.2, 0.25) is 0 Å². The van der Waals surface area contributed by atoms with E-state index in [9.17, 15) is 5.11 Å². The zero-order valence-corrected chi connectivity index (χ0v) is 7.73. The molecule has 0 aliphatic carbocycles. The Morgan fingerprint density at radius 2 is 2.08 bits per heavy atom. The van der Waals surface area contributed by atoms with Gasteiger partial charge >= 0.3 is 0 Å². The molecular formula is C11H14O2. The van der Waals surface area contributed by atoms with E-state index in [1.807, 2.05) is 24.3 Å². The van der Waals surface area contributed by atoms with Gasteiger partial charge in [0, 0.05) is 0 Å². The predicted molar refractivity (Wildman–Crippen MR) is 52.8 cm³/mol. The molecule has 1 unspecified atom stereocenters. The van der Waals surface area contributed by atoms with Gasteiger partial charge in [0.2, 0.25) is 0 Å². The maximum Gasteiger partial charge on any atom is 0.118 e. The second-order valence-electron chi connectivity index (χ2n) is 2.81. The van der Waals surface area contributed by atoms with Gasteiger partial charge < -0.3 is 9.84 Å². The van der Waals surface area contributed by atoms with Gasteiger partial charge in [0.15, 0.2) is 0 Å². The van der Waals surface area contributed by atoms with E-state index in [-0.39, 0.29) is 0 Å². The van der Waals surface area contributed by atoms with Gasteiger partial charge in [-0.25, -0.2) is 0 Å². The van der Waals surface area contributed by atoms with E-state index in [0.717, 1.165) is 11.3 Å². The molecule has 0 aliphatic heterocycles. The Kier molecular flexibility index (Phi) is 3.53. The zero-order chi connectivity index (χ0) is 9.68. The monoisotopic (exact) mass is 180 g/mol. The second-order valence-corrected chi connectivity index (χ2v) is 2.81. The zero-order valence-electron chi connectivity index (χ0n) is 7.73. The number of rotatable bonds is 4. The fourth-order valence-corrected chi connectivity index (χ4v) is 1.12. The molecule has 0 aromatic heterocycles. The maximum absolute atomic E-state index is 9.57. The van der Waals surface area contributed by atoms with Gasteiger partial charge in [-0.1, -0.05) is 18.2 Å². The third-order valence-electron chi connectivity index (χ3n) is 1.89. The van der Waals surface area contributed by atoms with E-state index in [1.54, 1.807) is 13.2 Å². The summed E-state index contributed by atoms with van der Waals surface area (Å²) in [6.45, 7) is 3.58. The predicted octanol–water partition coefficient (Wildman–Crippen LogP) is 2.30. The van der Waals surface area contributed by atoms with E-state index in [1.165, 1.54) is 0 Å². The first-order valence-electron chi connectivity index (χ1n) is 4.21. The summed E-state index contributed by atoms with van der Waals surface area (Å²) < 4.78 is 5.01. The van der Waals surface area contributed by atoms with Crippen molar-refractivity contribution in [1.82, 2.24) is 0 Å². The lowest BCUT2D eigenvalue weighted by Gasteiger charge is -2.08. The molecule has 1 N–H and O–H groups in total. The highest BCUT2D eigenvalue weighted by atomic mass is 18.2. The Hall–Kier alpha value is -1.28. The number of methoxy groups -OCH3 is 1. The molecule has 0 fully saturated rings. The molecule has 0 radical (unpaired) electrons. The first kappa shape index (κ1) is 9.81. The van der Waals surface area contributed by atoms with Crippen LogP contribution in [0, 0.1) is 0 Å². The van der Waals surface area contributed by atoms with Crippen LogP contribution in [0.15, 0.2) is 36.9 Å². The summed E-state index contributed by atoms with van der Waals surface area (Å²) in [7, 11) is 1.62. The van der Waals surface area contributed by atoms with Crippen molar-refractivity contribution in [2.45, 2.75) is 12.5 Å². The molecule has 0 bridgehead atoms. The molecule has 1 atom stereocenters. The minimum absolute atomic E-state index is 0.455. The fourth-order valence-electron chi connectivity index (χ4n) is 1.12. The molecule has 0 spiro atoms. The van der Waals surface area contributed by atoms with Crippen LogP contribution in [0.3, 0.4) is 0 Å². The van der Waals surface area contributed by atoms with Gasteiger partial charge in [-0.05, 0) is 24.1 Å². The quantitative estimate of drug-likeness (QED) is 0.569. The van der Waals surface area contributed by atoms with Crippen LogP contribution in [-0.4, -0.2) is 12.2 Å². The van der Waals surface area contributed by atoms with E-state index in [4.69, 9.17) is 4.74 Å². The fraction of sp³-hybridized carbons (Fsp3) is 0.273. The minimum Gasteiger partial charge on any atom is -0.497 e. The number of benzene rings is 1. The van der Waals surface area contributed by atoms with Gasteiger partial charge in [0.1, 0.15) is 5.75 Å². The lowest BCUT2D eigenvalue weighted by Crippen LogP contribution is -1.95. The van der Waals surface area contributed by atoms with E-state index in [0.29, 0.717) is 6.42 Å². The largest absolute Gasteiger partial charge is 0.497 e. The van der Waals surface area contributed by atoms with E-state index < -0.39 is 6.10 Å². The van der Waals surface area contributed by atoms with Crippen molar-refractivity contribution in [2.24, 2.45) is 0 Å². The Bertz CT molecular complexity index is 264. The van der Waals surface area contributed by atoms with Crippen molar-refractivity contribution in [3.8, 4) is 5.75 Å². The van der Waals surface area contributed by atoms with Gasteiger partial charge in [0.05, 0.1) is 13.2 Å². The van der Waals surface area contributed by atoms with Crippen LogP contribution in [0.4, 0.5) is 0 Å². The summed E-state index contributed by atoms with van der Waals surface area (Å²) in [6, 6.07) is 7.38. The van der Waals surface area contributed by atoms with Crippen LogP contribution < -0.4 is 4.74 Å². The van der Waals surface area contributed by atoms with Crippen LogP contribution in [0.5, 0.6) is 5.75 Å². The Labute approximate surface area is 78.5 Å². The highest BCUT2D eigenvalue weighted by molar-refractivity contribution is 5.28. The summed E-state index contributed by atoms with van der Waals surface area (Å²) in [6.07, 6.45) is 1.82. The summed E-state index contributed by atoms with van der Waals surface area (Å²) >= 11 is 0. The SMILES string of the molecule is C=CCC([18OH])c1ccc(OC)cc1. The molecule has 1 rings (SSSR count). The first-order valence-corrected chi connectivity index (χ1v) is 4.21. The number of hydrogen-bond donors (Lipinski definition) is 1. The van der Waals surface area contributed by atoms with Crippen molar-refractivity contribution < 1.29 is 9.84 Å². The lowest BCUT2D eigenvalue weighted by atomic mass is 10.1. The van der Waals surface area contributed by atoms with Crippen LogP contribution >= 0.6 is 0 Å². The standard InChI is InChI=1S/C11H14O2/c1-3-4-11(12)9-5-7-10(13-2)8-6-9/h3,5-8,11-12H,1,4H2,2H3/i12+2. The minimum atomic E-state index is -0.455. The first-order chi connectivity index (χ1) is 6.27. The van der Waals surface area contributed by atoms with Gasteiger partial charge in [0.25, 0.3) is 0 Å². The average molecular weight is 180 g/mol. The summed E-state index contributed by atoms with van der Waals surface area (Å²) in [4.78, 5) is 0. The Morgan fingerprint density at radius 1 is 1.46 bits per heavy atom. The lowest BCUT2D eigenvalue weighted by molar-refractivity contribution is 0.181. The molecule has 0 saturated carbocycles. The van der Waals surface area contributed by atoms with Crippen molar-refractivity contribution in [3.63, 3.8) is 0 Å². The number of hydrogen-bond acceptors (Lipinski definition) is 2. The molecule has 1 aromatic carbocycles. The van der Waals surface area contributed by atoms with Crippen LogP contribution in [0.25, 0.3) is 0 Å². The molecule has 2 heteroatoms. The highest BCUT2D eigenvalue weighted by Gasteiger charge is 2.04. The summed E-state index contributed by atoms with van der Waals surface area (Å²) in [5.74, 6) is 0.801. The van der Waals surface area contributed by atoms with Gasteiger partial charge in [-0.15, -0.1) is 6.58 Å². The maximum atomic E-state index is 9.57. The highest BCUT2D eigenvalue weighted by Crippen LogP contribution is 2.19. The molecule has 70 valence electrons. The number of aliphatic hydroxyl groups is 1. The van der Waals surface area contributed by atoms with Crippen molar-refractivity contribution in [3.05, 3.63) is 42.5 Å². The number of ether oxygens (including phenoxy) is 1. The van der Waals surface area contributed by atoms with Crippen LogP contribution in [-0.2, 0) is 0 Å². The van der Waals surface area contributed by atoms with E-state index in [2.05, 4.69) is 6.58 Å². The third-order valence-corrected chi connectivity index (χ3v) is 1.89. The second kappa shape index (κ2) is 4.67. The van der Waals surface area contributed by atoms with Crippen molar-refractivity contribution in [2.75, 3.05) is 7.11 Å². The third kappa shape index (κ3) is 2.60. The molecule has 0 saturated heterocycles. The van der Waals surface area contributed by atoms with Gasteiger partial charge in [-0.2, -0.15) is 0 Å². The normalized spacial score (nSPS) is 12.2. The van der Waals surface area contributed by atoms with Gasteiger partial charge in [-0.3, -0.25) is 0 Å². The average Bonchev–Trinajstić information content (AvgIpc) is 2.18. The molecule has 0 heterocycles. The molecule has 0 amide bonds. The number of aliphatic hydroxyl groups excluding tert-OH is 1. The Balaban J connectivity index is 2.73. The molecule has 0 aliphatic rings. The smallest absolute Gasteiger partial charge is 0.118 e. The molecule has 13 heavy (non-hydrogen) atoms. The molecule has 2 nitrogen and oxygen atoms in total. The summed E-state index contributed by atoms with van der Waals surface area (Å²) in [5.41, 5.74) is 0.890. The topological polar surface area (TPSA) is 29.5 Å². The summed E-state index contributed by atoms with van der Waals surface area (Å²) in [5, 5.41) is 9.57. The Morgan fingerprint density at radius 3 is 2.54 bits per heavy atom. The molecular weight excluding hydrogens is 166 g/mol.